The number of hydrogen-bond donors (Lipinski definition) is 1. The summed E-state index contributed by atoms with van der Waals surface area (Å²) in [7, 11) is 0. The summed E-state index contributed by atoms with van der Waals surface area (Å²) < 4.78 is 0. The van der Waals surface area contributed by atoms with Crippen molar-refractivity contribution >= 4 is 40.1 Å². The number of ketones is 1. The van der Waals surface area contributed by atoms with Gasteiger partial charge in [0.1, 0.15) is 5.65 Å². The summed E-state index contributed by atoms with van der Waals surface area (Å²) >= 11 is 1.54. The van der Waals surface area contributed by atoms with Crippen molar-refractivity contribution in [3.05, 3.63) is 69.3 Å². The summed E-state index contributed by atoms with van der Waals surface area (Å²) in [5.41, 5.74) is 5.03. The number of piperidine rings is 1. The predicted octanol–water partition coefficient (Wildman–Crippen LogP) is 3.43. The molecule has 0 aromatic carbocycles. The highest BCUT2D eigenvalue weighted by Crippen LogP contribution is 2.89. The summed E-state index contributed by atoms with van der Waals surface area (Å²) in [5.74, 6) is 1.03. The Morgan fingerprint density at radius 2 is 2.25 bits per heavy atom. The van der Waals surface area contributed by atoms with E-state index in [0.717, 1.165) is 27.2 Å². The van der Waals surface area contributed by atoms with Gasteiger partial charge in [0.05, 0.1) is 4.88 Å². The van der Waals surface area contributed by atoms with E-state index in [0.29, 0.717) is 11.8 Å². The summed E-state index contributed by atoms with van der Waals surface area (Å²) in [6.07, 6.45) is 8.80. The number of hydrogen-bond acceptors (Lipinski definition) is 4. The zero-order valence-corrected chi connectivity index (χ0v) is 15.8. The molecule has 8 rings (SSSR count). The van der Waals surface area contributed by atoms with Crippen LogP contribution in [0.2, 0.25) is 0 Å². The van der Waals surface area contributed by atoms with Crippen LogP contribution in [0.3, 0.4) is 0 Å². The molecule has 3 aliphatic carbocycles. The molecule has 4 atom stereocenters. The van der Waals surface area contributed by atoms with Crippen LogP contribution in [-0.2, 0) is 10.2 Å². The van der Waals surface area contributed by atoms with Crippen molar-refractivity contribution < 1.29 is 9.59 Å². The van der Waals surface area contributed by atoms with Gasteiger partial charge in [-0.05, 0) is 41.6 Å². The molecule has 3 unspecified atom stereocenters. The Hall–Kier alpha value is -2.99. The van der Waals surface area contributed by atoms with Gasteiger partial charge in [-0.2, -0.15) is 0 Å². The van der Waals surface area contributed by atoms with Crippen LogP contribution in [-0.4, -0.2) is 32.6 Å². The van der Waals surface area contributed by atoms with Gasteiger partial charge >= 0.3 is 0 Å². The first-order valence-electron chi connectivity index (χ1n) is 9.42. The number of aromatic amines is 1. The molecule has 2 saturated heterocycles. The molecule has 3 aromatic heterocycles. The van der Waals surface area contributed by atoms with Gasteiger partial charge in [-0.1, -0.05) is 0 Å². The number of fused-ring (bicyclic) bond motifs is 2. The molecule has 4 fully saturated rings. The molecule has 5 aliphatic rings. The van der Waals surface area contributed by atoms with Gasteiger partial charge < -0.3 is 9.88 Å². The van der Waals surface area contributed by atoms with Crippen molar-refractivity contribution in [3.63, 3.8) is 0 Å². The maximum atomic E-state index is 13.1. The molecule has 0 radical (unpaired) electrons. The Morgan fingerprint density at radius 3 is 3.11 bits per heavy atom. The lowest BCUT2D eigenvalue weighted by molar-refractivity contribution is -0.124. The van der Waals surface area contributed by atoms with Crippen LogP contribution in [0.25, 0.3) is 17.1 Å². The van der Waals surface area contributed by atoms with Crippen molar-refractivity contribution in [2.45, 2.75) is 18.4 Å². The van der Waals surface area contributed by atoms with Gasteiger partial charge in [0.25, 0.3) is 5.91 Å². The topological polar surface area (TPSA) is 66.1 Å². The average molecular weight is 385 g/mol. The van der Waals surface area contributed by atoms with Crippen LogP contribution in [0, 0.1) is 18.8 Å². The summed E-state index contributed by atoms with van der Waals surface area (Å²) in [4.78, 5) is 35.9. The number of carbonyl (C=O) groups is 2. The minimum Gasteiger partial charge on any atom is -0.346 e. The number of carbonyl (C=O) groups excluding carboxylic acids is 2. The number of nitrogens with zero attached hydrogens (tertiary/aromatic N) is 2. The molecule has 1 N–H and O–H groups in total. The lowest BCUT2D eigenvalue weighted by Gasteiger charge is -2.24. The zero-order chi connectivity index (χ0) is 18.8. The third-order valence-corrected chi connectivity index (χ3v) is 8.02. The van der Waals surface area contributed by atoms with Crippen LogP contribution in [0.4, 0.5) is 0 Å². The molecule has 5 nitrogen and oxygen atoms in total. The van der Waals surface area contributed by atoms with Gasteiger partial charge in [-0.25, -0.2) is 4.98 Å². The minimum absolute atomic E-state index is 0.0366. The molecule has 5 heterocycles. The van der Waals surface area contributed by atoms with Gasteiger partial charge in [0.2, 0.25) is 0 Å². The van der Waals surface area contributed by atoms with Gasteiger partial charge in [-0.15, -0.1) is 11.3 Å². The third-order valence-electron chi connectivity index (χ3n) is 6.91. The molecule has 136 valence electrons. The standard InChI is InChI=1S/C22H15N3O2S/c1-10-9-28-20-13(26)7-14-22(16(10)20)17-18(22)19(17)25(14)15(27)5-4-11-8-24-21-12(11)3-2-6-23-21/h2-9,17-19H,1H3,(H,23,24)/b5-4+/t17-,18?,19?,22?/m0/s1. The largest absolute Gasteiger partial charge is 0.346 e. The normalized spacial score (nSPS) is 31.0. The molecular weight excluding hydrogens is 370 g/mol. The van der Waals surface area contributed by atoms with Gasteiger partial charge in [0.15, 0.2) is 5.78 Å². The van der Waals surface area contributed by atoms with E-state index < -0.39 is 0 Å². The highest BCUT2D eigenvalue weighted by Gasteiger charge is 2.94. The van der Waals surface area contributed by atoms with Crippen LogP contribution >= 0.6 is 11.3 Å². The van der Waals surface area contributed by atoms with Crippen molar-refractivity contribution in [1.29, 1.82) is 0 Å². The van der Waals surface area contributed by atoms with Gasteiger partial charge in [-0.3, -0.25) is 9.59 Å². The van der Waals surface area contributed by atoms with E-state index in [9.17, 15) is 9.59 Å². The Morgan fingerprint density at radius 1 is 1.39 bits per heavy atom. The van der Waals surface area contributed by atoms with E-state index >= 15 is 0 Å². The van der Waals surface area contributed by atoms with E-state index in [1.165, 1.54) is 11.1 Å². The first kappa shape index (κ1) is 15.0. The molecule has 2 aliphatic heterocycles. The highest BCUT2D eigenvalue weighted by molar-refractivity contribution is 7.12. The summed E-state index contributed by atoms with van der Waals surface area (Å²) in [5, 5.41) is 3.07. The lowest BCUT2D eigenvalue weighted by Crippen LogP contribution is -2.28. The first-order valence-corrected chi connectivity index (χ1v) is 10.3. The fraction of sp³-hybridized carbons (Fsp3) is 0.227. The fourth-order valence-electron chi connectivity index (χ4n) is 5.78. The van der Waals surface area contributed by atoms with E-state index in [-0.39, 0.29) is 23.1 Å². The number of amides is 1. The van der Waals surface area contributed by atoms with Crippen LogP contribution in [0.5, 0.6) is 0 Å². The Bertz CT molecular complexity index is 1300. The van der Waals surface area contributed by atoms with Crippen LogP contribution < -0.4 is 0 Å². The van der Waals surface area contributed by atoms with Crippen molar-refractivity contribution in [1.82, 2.24) is 14.9 Å². The summed E-state index contributed by atoms with van der Waals surface area (Å²) in [6.45, 7) is 2.09. The van der Waals surface area contributed by atoms with E-state index in [4.69, 9.17) is 0 Å². The molecule has 2 bridgehead atoms. The van der Waals surface area contributed by atoms with Crippen LogP contribution in [0.15, 0.2) is 47.8 Å². The van der Waals surface area contributed by atoms with Crippen molar-refractivity contribution in [2.75, 3.05) is 0 Å². The molecule has 3 aromatic rings. The zero-order valence-electron chi connectivity index (χ0n) is 15.0. The number of aryl methyl sites for hydroxylation is 1. The molecule has 28 heavy (non-hydrogen) atoms. The Balaban J connectivity index is 1.26. The summed E-state index contributed by atoms with van der Waals surface area (Å²) in [6, 6.07) is 4.14. The lowest BCUT2D eigenvalue weighted by atomic mass is 9.79. The van der Waals surface area contributed by atoms with E-state index in [1.54, 1.807) is 29.7 Å². The smallest absolute Gasteiger partial charge is 0.251 e. The molecule has 2 saturated carbocycles. The van der Waals surface area contributed by atoms with E-state index in [1.807, 2.05) is 29.3 Å². The van der Waals surface area contributed by atoms with Gasteiger partial charge in [0, 0.05) is 64.5 Å². The number of H-pyrrole nitrogens is 1. The molecular formula is C22H15N3O2S. The molecule has 1 spiro atoms. The third kappa shape index (κ3) is 1.47. The van der Waals surface area contributed by atoms with Crippen LogP contribution in [0.1, 0.15) is 26.4 Å². The number of allylic oxidation sites excluding steroid dienone is 2. The molecule has 1 amide bonds. The Labute approximate surface area is 164 Å². The predicted molar refractivity (Wildman–Crippen MR) is 106 cm³/mol. The second-order valence-electron chi connectivity index (χ2n) is 8.11. The SMILES string of the molecule is Cc1csc2c1C13C(=CC2=O)N(C(=O)/C=C/c2c[nH]c4ncccc24)C2C1[C@@H]23. The van der Waals surface area contributed by atoms with E-state index in [2.05, 4.69) is 22.3 Å². The monoisotopic (exact) mass is 385 g/mol. The average Bonchev–Trinajstić information content (AvgIpc) is 3.30. The maximum absolute atomic E-state index is 13.1. The number of pyridine rings is 1. The number of rotatable bonds is 2. The number of aromatic nitrogens is 2. The maximum Gasteiger partial charge on any atom is 0.251 e. The quantitative estimate of drug-likeness (QED) is 0.688. The Kier molecular flexibility index (Phi) is 2.42. The van der Waals surface area contributed by atoms with Crippen molar-refractivity contribution in [3.8, 4) is 0 Å². The van der Waals surface area contributed by atoms with Crippen molar-refractivity contribution in [2.24, 2.45) is 11.8 Å². The number of thiophene rings is 1. The number of nitrogens with one attached hydrogen (secondary N) is 1. The minimum atomic E-state index is -0.0494. The highest BCUT2D eigenvalue weighted by atomic mass is 32.1. The first-order chi connectivity index (χ1) is 13.6. The second-order valence-corrected chi connectivity index (χ2v) is 8.99. The molecule has 6 heteroatoms. The fourth-order valence-corrected chi connectivity index (χ4v) is 6.82. The second kappa shape index (κ2) is 4.52.